The van der Waals surface area contributed by atoms with Gasteiger partial charge in [-0.1, -0.05) is 0 Å². The lowest BCUT2D eigenvalue weighted by Gasteiger charge is -2.45. The molecular weight excluding hydrogens is 372 g/mol. The van der Waals surface area contributed by atoms with Gasteiger partial charge in [0, 0.05) is 13.1 Å². The predicted molar refractivity (Wildman–Crippen MR) is 83.2 cm³/mol. The number of hydrogen-bond acceptors (Lipinski definition) is 3. The SMILES string of the molecule is Brc1cc(CN2CCCC3(CCCNC3)C2)oc1Br. The van der Waals surface area contributed by atoms with Gasteiger partial charge >= 0.3 is 0 Å². The average molecular weight is 392 g/mol. The fraction of sp³-hybridized carbons (Fsp3) is 0.714. The van der Waals surface area contributed by atoms with Crippen molar-refractivity contribution < 1.29 is 4.42 Å². The van der Waals surface area contributed by atoms with Crippen molar-refractivity contribution in [3.63, 3.8) is 0 Å². The van der Waals surface area contributed by atoms with Gasteiger partial charge in [0.25, 0.3) is 0 Å². The molecule has 3 nitrogen and oxygen atoms in total. The molecule has 0 amide bonds. The fourth-order valence-corrected chi connectivity index (χ4v) is 4.17. The van der Waals surface area contributed by atoms with E-state index in [0.29, 0.717) is 5.41 Å². The van der Waals surface area contributed by atoms with Crippen LogP contribution in [0.3, 0.4) is 0 Å². The lowest BCUT2D eigenvalue weighted by molar-refractivity contribution is 0.0559. The third-order valence-electron chi connectivity index (χ3n) is 4.38. The van der Waals surface area contributed by atoms with E-state index >= 15 is 0 Å². The maximum absolute atomic E-state index is 5.71. The molecule has 0 radical (unpaired) electrons. The number of furan rings is 1. The second-order valence-electron chi connectivity index (χ2n) is 5.93. The molecule has 1 atom stereocenters. The van der Waals surface area contributed by atoms with E-state index < -0.39 is 0 Å². The van der Waals surface area contributed by atoms with E-state index in [0.717, 1.165) is 21.4 Å². The van der Waals surface area contributed by atoms with Crippen LogP contribution in [0.15, 0.2) is 19.6 Å². The first-order valence-corrected chi connectivity index (χ1v) is 8.62. The van der Waals surface area contributed by atoms with Crippen LogP contribution in [0.5, 0.6) is 0 Å². The summed E-state index contributed by atoms with van der Waals surface area (Å²) in [7, 11) is 0. The molecule has 2 fully saturated rings. The number of halogens is 2. The number of likely N-dealkylation sites (tertiary alicyclic amines) is 1. The summed E-state index contributed by atoms with van der Waals surface area (Å²) in [4.78, 5) is 2.55. The Morgan fingerprint density at radius 2 is 2.16 bits per heavy atom. The zero-order chi connectivity index (χ0) is 13.3. The fourth-order valence-electron chi connectivity index (χ4n) is 3.51. The Balaban J connectivity index is 1.64. The van der Waals surface area contributed by atoms with Crippen molar-refractivity contribution in [1.29, 1.82) is 0 Å². The van der Waals surface area contributed by atoms with Crippen LogP contribution in [0.1, 0.15) is 31.4 Å². The molecule has 2 aliphatic heterocycles. The molecule has 0 saturated carbocycles. The van der Waals surface area contributed by atoms with Crippen LogP contribution in [0.4, 0.5) is 0 Å². The second kappa shape index (κ2) is 5.88. The van der Waals surface area contributed by atoms with Gasteiger partial charge in [0.05, 0.1) is 11.0 Å². The summed E-state index contributed by atoms with van der Waals surface area (Å²) in [5.74, 6) is 1.04. The molecule has 1 aromatic rings. The van der Waals surface area contributed by atoms with Crippen molar-refractivity contribution in [1.82, 2.24) is 10.2 Å². The van der Waals surface area contributed by atoms with E-state index in [2.05, 4.69) is 48.1 Å². The molecule has 106 valence electrons. The summed E-state index contributed by atoms with van der Waals surface area (Å²) in [6.45, 7) is 5.70. The van der Waals surface area contributed by atoms with Crippen molar-refractivity contribution in [2.45, 2.75) is 32.2 Å². The van der Waals surface area contributed by atoms with Gasteiger partial charge in [-0.15, -0.1) is 0 Å². The minimum absolute atomic E-state index is 0.511. The number of nitrogens with zero attached hydrogens (tertiary/aromatic N) is 1. The summed E-state index contributed by atoms with van der Waals surface area (Å²) >= 11 is 6.89. The minimum atomic E-state index is 0.511. The molecule has 0 aromatic carbocycles. The van der Waals surface area contributed by atoms with E-state index in [1.807, 2.05) is 0 Å². The van der Waals surface area contributed by atoms with Crippen molar-refractivity contribution in [3.05, 3.63) is 21.0 Å². The molecule has 1 aromatic heterocycles. The van der Waals surface area contributed by atoms with E-state index in [9.17, 15) is 0 Å². The van der Waals surface area contributed by atoms with Crippen LogP contribution >= 0.6 is 31.9 Å². The van der Waals surface area contributed by atoms with Crippen molar-refractivity contribution in [2.24, 2.45) is 5.41 Å². The minimum Gasteiger partial charge on any atom is -0.452 e. The average Bonchev–Trinajstić information content (AvgIpc) is 2.69. The molecule has 5 heteroatoms. The highest BCUT2D eigenvalue weighted by Gasteiger charge is 2.36. The van der Waals surface area contributed by atoms with Crippen LogP contribution < -0.4 is 5.32 Å². The van der Waals surface area contributed by atoms with E-state index in [1.54, 1.807) is 0 Å². The Hall–Kier alpha value is 0.160. The van der Waals surface area contributed by atoms with Crippen molar-refractivity contribution in [2.75, 3.05) is 26.2 Å². The summed E-state index contributed by atoms with van der Waals surface area (Å²) < 4.78 is 7.51. The summed E-state index contributed by atoms with van der Waals surface area (Å²) in [6.07, 6.45) is 5.39. The Kier molecular flexibility index (Phi) is 4.37. The predicted octanol–water partition coefficient (Wildman–Crippen LogP) is 3.77. The maximum atomic E-state index is 5.71. The van der Waals surface area contributed by atoms with E-state index in [-0.39, 0.29) is 0 Å². The number of hydrogen-bond donors (Lipinski definition) is 1. The number of piperidine rings is 2. The van der Waals surface area contributed by atoms with Gasteiger partial charge in [-0.05, 0) is 82.1 Å². The third kappa shape index (κ3) is 3.26. The first-order valence-electron chi connectivity index (χ1n) is 7.04. The molecule has 1 unspecified atom stereocenters. The smallest absolute Gasteiger partial charge is 0.183 e. The van der Waals surface area contributed by atoms with Gasteiger partial charge in [-0.3, -0.25) is 4.90 Å². The zero-order valence-electron chi connectivity index (χ0n) is 11.1. The van der Waals surface area contributed by atoms with Gasteiger partial charge in [-0.25, -0.2) is 0 Å². The molecule has 2 saturated heterocycles. The van der Waals surface area contributed by atoms with Gasteiger partial charge in [0.1, 0.15) is 5.76 Å². The molecular formula is C14H20Br2N2O. The molecule has 3 rings (SSSR count). The summed E-state index contributed by atoms with van der Waals surface area (Å²) in [5.41, 5.74) is 0.511. The lowest BCUT2D eigenvalue weighted by atomic mass is 9.74. The largest absolute Gasteiger partial charge is 0.452 e. The maximum Gasteiger partial charge on any atom is 0.183 e. The zero-order valence-corrected chi connectivity index (χ0v) is 14.2. The summed E-state index contributed by atoms with van der Waals surface area (Å²) in [5, 5.41) is 3.58. The first-order chi connectivity index (χ1) is 9.17. The molecule has 3 heterocycles. The van der Waals surface area contributed by atoms with Crippen LogP contribution in [0.25, 0.3) is 0 Å². The Labute approximate surface area is 131 Å². The van der Waals surface area contributed by atoms with E-state index in [1.165, 1.54) is 51.9 Å². The molecule has 19 heavy (non-hydrogen) atoms. The second-order valence-corrected chi connectivity index (χ2v) is 7.50. The Morgan fingerprint density at radius 1 is 1.32 bits per heavy atom. The highest BCUT2D eigenvalue weighted by Crippen LogP contribution is 2.37. The molecule has 0 bridgehead atoms. The first kappa shape index (κ1) is 14.1. The van der Waals surface area contributed by atoms with Crippen molar-refractivity contribution in [3.8, 4) is 0 Å². The number of nitrogens with one attached hydrogen (secondary N) is 1. The number of rotatable bonds is 2. The van der Waals surface area contributed by atoms with Crippen LogP contribution in [-0.2, 0) is 6.54 Å². The lowest BCUT2D eigenvalue weighted by Crippen LogP contribution is -2.50. The summed E-state index contributed by atoms with van der Waals surface area (Å²) in [6, 6.07) is 2.07. The monoisotopic (exact) mass is 390 g/mol. The highest BCUT2D eigenvalue weighted by atomic mass is 79.9. The van der Waals surface area contributed by atoms with E-state index in [4.69, 9.17) is 4.42 Å². The quantitative estimate of drug-likeness (QED) is 0.831. The van der Waals surface area contributed by atoms with Gasteiger partial charge in [-0.2, -0.15) is 0 Å². The molecule has 0 aliphatic carbocycles. The van der Waals surface area contributed by atoms with Crippen LogP contribution in [0.2, 0.25) is 0 Å². The van der Waals surface area contributed by atoms with Crippen LogP contribution in [-0.4, -0.2) is 31.1 Å². The van der Waals surface area contributed by atoms with Crippen molar-refractivity contribution >= 4 is 31.9 Å². The van der Waals surface area contributed by atoms with Crippen LogP contribution in [0, 0.1) is 5.41 Å². The topological polar surface area (TPSA) is 28.4 Å². The normalized spacial score (nSPS) is 28.9. The van der Waals surface area contributed by atoms with Gasteiger partial charge in [0.2, 0.25) is 0 Å². The standard InChI is InChI=1S/C14H20Br2N2O/c15-12-7-11(19-13(12)16)8-18-6-2-4-14(10-18)3-1-5-17-9-14/h7,17H,1-6,8-10H2. The Bertz CT molecular complexity index is 416. The van der Waals surface area contributed by atoms with Gasteiger partial charge in [0.15, 0.2) is 4.67 Å². The van der Waals surface area contributed by atoms with Gasteiger partial charge < -0.3 is 9.73 Å². The third-order valence-corrected chi connectivity index (χ3v) is 6.09. The molecule has 1 N–H and O–H groups in total. The Morgan fingerprint density at radius 3 is 2.84 bits per heavy atom. The molecule has 2 aliphatic rings. The molecule has 1 spiro atoms. The highest BCUT2D eigenvalue weighted by molar-refractivity contribution is 9.13.